The molecule has 2 saturated carbocycles. The highest BCUT2D eigenvalue weighted by Crippen LogP contribution is 2.64. The van der Waals surface area contributed by atoms with Crippen molar-refractivity contribution < 1.29 is 4.79 Å². The van der Waals surface area contributed by atoms with Crippen LogP contribution in [0.3, 0.4) is 0 Å². The van der Waals surface area contributed by atoms with E-state index in [2.05, 4.69) is 197 Å². The molecule has 0 radical (unpaired) electrons. The fourth-order valence-electron chi connectivity index (χ4n) is 18.5. The fraction of sp³-hybridized carbons (Fsp3) is 0.292. The second-order valence-electron chi connectivity index (χ2n) is 27.1. The molecule has 2 fully saturated rings. The molecule has 20 rings (SSSR count). The molecule has 8 aromatic rings. The molecule has 7 aliphatic carbocycles. The first-order valence-corrected chi connectivity index (χ1v) is 29.4. The van der Waals surface area contributed by atoms with Gasteiger partial charge in [-0.3, -0.25) is 9.80 Å². The molecule has 8 aromatic carbocycles. The van der Waals surface area contributed by atoms with E-state index in [1.165, 1.54) is 164 Å². The summed E-state index contributed by atoms with van der Waals surface area (Å²) in [6.07, 6.45) is 9.37. The highest BCUT2D eigenvalue weighted by atomic mass is 16.2. The molecule has 0 aromatic heterocycles. The van der Waals surface area contributed by atoms with Crippen LogP contribution in [0.1, 0.15) is 126 Å². The summed E-state index contributed by atoms with van der Waals surface area (Å²) < 4.78 is 0. The predicted octanol–water partition coefficient (Wildman–Crippen LogP) is 14.6. The molecule has 0 unspecified atom stereocenters. The van der Waals surface area contributed by atoms with Crippen molar-refractivity contribution in [3.8, 4) is 44.5 Å². The zero-order valence-electron chi connectivity index (χ0n) is 45.3. The minimum atomic E-state index is -0.605. The van der Waals surface area contributed by atoms with Gasteiger partial charge in [0.25, 0.3) is 0 Å². The molecule has 12 aliphatic rings. The van der Waals surface area contributed by atoms with Crippen LogP contribution in [0.15, 0.2) is 168 Å². The normalized spacial score (nSPS) is 22.7. The van der Waals surface area contributed by atoms with Gasteiger partial charge in [0.1, 0.15) is 0 Å². The Kier molecular flexibility index (Phi) is 8.29. The van der Waals surface area contributed by atoms with Crippen molar-refractivity contribution >= 4 is 63.5 Å². The van der Waals surface area contributed by atoms with Crippen molar-refractivity contribution in [1.82, 2.24) is 0 Å². The summed E-state index contributed by atoms with van der Waals surface area (Å²) in [6, 6.07) is 58.0. The first kappa shape index (κ1) is 43.9. The zero-order chi connectivity index (χ0) is 51.3. The average Bonchev–Trinajstić information content (AvgIpc) is 3.88. The van der Waals surface area contributed by atoms with Crippen LogP contribution in [-0.4, -0.2) is 19.5 Å². The third kappa shape index (κ3) is 5.23. The van der Waals surface area contributed by atoms with Crippen LogP contribution in [0.25, 0.3) is 55.3 Å². The molecule has 0 atom stereocenters. The molecular formula is C72H62B2N2O. The number of hydrogen-bond acceptors (Lipinski definition) is 1. The lowest BCUT2D eigenvalue weighted by molar-refractivity contribution is 0.244. The lowest BCUT2D eigenvalue weighted by Gasteiger charge is -2.58. The van der Waals surface area contributed by atoms with Crippen LogP contribution in [0.2, 0.25) is 0 Å². The van der Waals surface area contributed by atoms with Crippen molar-refractivity contribution in [1.29, 1.82) is 0 Å². The minimum absolute atomic E-state index is 0.0160. The number of carbonyl (C=O) groups is 1. The molecule has 4 bridgehead atoms. The van der Waals surface area contributed by atoms with Crippen LogP contribution in [0.5, 0.6) is 0 Å². The van der Waals surface area contributed by atoms with E-state index in [0.717, 1.165) is 25.7 Å². The quantitative estimate of drug-likeness (QED) is 0.139. The van der Waals surface area contributed by atoms with Gasteiger partial charge in [-0.15, -0.1) is 0 Å². The largest absolute Gasteiger partial charge is 0.337 e. The Hall–Kier alpha value is -7.10. The molecule has 3 nitrogen and oxygen atoms in total. The van der Waals surface area contributed by atoms with Gasteiger partial charge in [0.15, 0.2) is 0 Å². The number of allylic oxidation sites excluding steroid dienone is 4. The Morgan fingerprint density at radius 2 is 0.857 bits per heavy atom. The van der Waals surface area contributed by atoms with Gasteiger partial charge in [0.2, 0.25) is 13.4 Å². The lowest BCUT2D eigenvalue weighted by Crippen LogP contribution is -2.67. The van der Waals surface area contributed by atoms with Gasteiger partial charge in [-0.1, -0.05) is 197 Å². The fourth-order valence-corrected chi connectivity index (χ4v) is 18.5. The third-order valence-corrected chi connectivity index (χ3v) is 21.6. The summed E-state index contributed by atoms with van der Waals surface area (Å²) in [5.41, 5.74) is 31.7. The third-order valence-electron chi connectivity index (χ3n) is 21.6. The summed E-state index contributed by atoms with van der Waals surface area (Å²) >= 11 is 0. The van der Waals surface area contributed by atoms with E-state index in [-0.39, 0.29) is 30.3 Å². The van der Waals surface area contributed by atoms with Crippen LogP contribution in [0.4, 0.5) is 16.2 Å². The minimum Gasteiger partial charge on any atom is -0.266 e. The van der Waals surface area contributed by atoms with Crippen molar-refractivity contribution in [3.05, 3.63) is 201 Å². The highest BCUT2D eigenvalue weighted by Gasteiger charge is 2.62. The Balaban J connectivity index is 1.08. The van der Waals surface area contributed by atoms with Gasteiger partial charge in [-0.05, 0) is 192 Å². The van der Waals surface area contributed by atoms with Crippen LogP contribution < -0.4 is 31.7 Å². The second-order valence-corrected chi connectivity index (χ2v) is 27.1. The Morgan fingerprint density at radius 3 is 1.40 bits per heavy atom. The molecule has 372 valence electrons. The van der Waals surface area contributed by atoms with Crippen LogP contribution in [-0.2, 0) is 16.2 Å². The number of amides is 2. The number of carbonyl (C=O) groups excluding carboxylic acids is 1. The van der Waals surface area contributed by atoms with Crippen molar-refractivity contribution in [2.45, 2.75) is 109 Å². The monoisotopic (exact) mass is 993 g/mol. The maximum atomic E-state index is 17.5. The maximum Gasteiger partial charge on any atom is 0.337 e. The molecule has 77 heavy (non-hydrogen) atoms. The van der Waals surface area contributed by atoms with Crippen LogP contribution in [0, 0.1) is 23.7 Å². The van der Waals surface area contributed by atoms with Crippen LogP contribution >= 0.6 is 0 Å². The molecule has 2 amide bonds. The van der Waals surface area contributed by atoms with E-state index in [1.54, 1.807) is 5.47 Å². The summed E-state index contributed by atoms with van der Waals surface area (Å²) in [4.78, 5) is 22.3. The summed E-state index contributed by atoms with van der Waals surface area (Å²) in [6.45, 7) is 14.3. The van der Waals surface area contributed by atoms with E-state index >= 15 is 4.79 Å². The van der Waals surface area contributed by atoms with Gasteiger partial charge < -0.3 is 0 Å². The number of urea groups is 1. The summed E-state index contributed by atoms with van der Waals surface area (Å²) in [5.74, 6) is 1.53. The first-order chi connectivity index (χ1) is 37.4. The number of benzene rings is 8. The van der Waals surface area contributed by atoms with Gasteiger partial charge in [-0.25, -0.2) is 4.79 Å². The Morgan fingerprint density at radius 1 is 0.416 bits per heavy atom. The number of fused-ring (bicyclic) bond motifs is 20. The standard InChI is InChI=1S/C72H62B2N2O/c1-70(2,3)44-31-33-52-48-17-9-7-15-46(48)47-16-8-10-18-49(47)53-35-43-36-57-64-68-60(43)67-63(53)73(58(52)37-44)61-39-23-27-41(28-24-39)65(61)75(67)69(77)76(68)66-42-29-25-40(26-30-42)62(66)74(64)59-38-45(71(4,5)6)32-34-56(59)72(57)54-21-13-11-19-50(54)51-20-12-14-22-55(51)72/h7-22,31-42H,23-30H2,1-6H3. The summed E-state index contributed by atoms with van der Waals surface area (Å²) in [5, 5.41) is 2.55. The second kappa shape index (κ2) is 14.5. The zero-order valence-corrected chi connectivity index (χ0v) is 45.3. The molecule has 0 saturated heterocycles. The highest BCUT2D eigenvalue weighted by molar-refractivity contribution is 6.96. The van der Waals surface area contributed by atoms with Crippen molar-refractivity contribution in [3.63, 3.8) is 0 Å². The summed E-state index contributed by atoms with van der Waals surface area (Å²) in [7, 11) is 0. The Labute approximate surface area is 454 Å². The topological polar surface area (TPSA) is 23.6 Å². The van der Waals surface area contributed by atoms with E-state index in [1.807, 2.05) is 0 Å². The number of hydrogen-bond donors (Lipinski definition) is 0. The molecule has 5 aliphatic heterocycles. The molecule has 5 heterocycles. The number of rotatable bonds is 0. The smallest absolute Gasteiger partial charge is 0.266 e. The Bertz CT molecular complexity index is 4120. The molecule has 1 spiro atoms. The van der Waals surface area contributed by atoms with Gasteiger partial charge in [0.05, 0.1) is 16.8 Å². The first-order valence-electron chi connectivity index (χ1n) is 29.4. The van der Waals surface area contributed by atoms with Crippen molar-refractivity contribution in [2.24, 2.45) is 23.7 Å². The lowest BCUT2D eigenvalue weighted by atomic mass is 9.26. The van der Waals surface area contributed by atoms with E-state index in [4.69, 9.17) is 0 Å². The van der Waals surface area contributed by atoms with Crippen molar-refractivity contribution in [2.75, 3.05) is 9.80 Å². The van der Waals surface area contributed by atoms with Gasteiger partial charge in [0, 0.05) is 16.8 Å². The predicted molar refractivity (Wildman–Crippen MR) is 320 cm³/mol. The maximum absolute atomic E-state index is 17.5. The average molecular weight is 993 g/mol. The van der Waals surface area contributed by atoms with E-state index in [0.29, 0.717) is 23.7 Å². The van der Waals surface area contributed by atoms with E-state index in [9.17, 15) is 0 Å². The molecule has 5 heteroatoms. The number of anilines is 2. The number of nitrogens with zero attached hydrogens (tertiary/aromatic N) is 2. The van der Waals surface area contributed by atoms with Gasteiger partial charge >= 0.3 is 6.03 Å². The SMILES string of the molecule is CC(C)(C)c1ccc2c(c1)B1C3=C(C4CCC3CC4)N3C(=O)N4C5=C(B6c7cc(C(C)(C)C)ccc7C7(c8ccccc8-c8ccccc87)c7cc8cc(c1c3c8c4c76)-c1ccccc1-c1ccccc1-2)C1CCC5CC1. The van der Waals surface area contributed by atoms with Gasteiger partial charge in [-0.2, -0.15) is 0 Å². The van der Waals surface area contributed by atoms with E-state index < -0.39 is 5.41 Å². The molecule has 0 N–H and O–H groups in total. The molecular weight excluding hydrogens is 930 g/mol.